The minimum absolute atomic E-state index is 0.0234. The Morgan fingerprint density at radius 2 is 1.22 bits per heavy atom. The molecule has 0 bridgehead atoms. The van der Waals surface area contributed by atoms with E-state index in [9.17, 15) is 9.59 Å². The van der Waals surface area contributed by atoms with Gasteiger partial charge < -0.3 is 9.47 Å². The molecule has 0 radical (unpaired) electrons. The number of hydrogen-bond acceptors (Lipinski definition) is 6. The summed E-state index contributed by atoms with van der Waals surface area (Å²) < 4.78 is 9.08. The molecule has 104 valence electrons. The van der Waals surface area contributed by atoms with Crippen molar-refractivity contribution >= 4 is 11.9 Å². The Labute approximate surface area is 108 Å². The second-order valence-corrected chi connectivity index (χ2v) is 4.16. The lowest BCUT2D eigenvalue weighted by molar-refractivity contribution is -0.141. The van der Waals surface area contributed by atoms with Crippen LogP contribution in [0.1, 0.15) is 39.5 Å². The standard InChI is InChI=1S/C12H22N2O4/c1-9(5-7-11(15)17-3)13-14-10(2)6-8-12(16)18-4/h9-10H,5-8H2,1-4H3. The maximum atomic E-state index is 10.9. The number of rotatable bonds is 8. The smallest absolute Gasteiger partial charge is 0.305 e. The van der Waals surface area contributed by atoms with Crippen molar-refractivity contribution in [3.05, 3.63) is 0 Å². The third kappa shape index (κ3) is 8.66. The van der Waals surface area contributed by atoms with Gasteiger partial charge in [-0.15, -0.1) is 0 Å². The number of methoxy groups -OCH3 is 2. The van der Waals surface area contributed by atoms with E-state index >= 15 is 0 Å². The van der Waals surface area contributed by atoms with Gasteiger partial charge in [0.05, 0.1) is 26.3 Å². The fraction of sp³-hybridized carbons (Fsp3) is 0.833. The maximum Gasteiger partial charge on any atom is 0.305 e. The molecule has 0 spiro atoms. The van der Waals surface area contributed by atoms with Crippen molar-refractivity contribution < 1.29 is 19.1 Å². The summed E-state index contributed by atoms with van der Waals surface area (Å²) in [6, 6.07) is -0.0469. The van der Waals surface area contributed by atoms with Gasteiger partial charge in [0.1, 0.15) is 0 Å². The van der Waals surface area contributed by atoms with Crippen molar-refractivity contribution in [3.63, 3.8) is 0 Å². The molecule has 0 saturated carbocycles. The highest BCUT2D eigenvalue weighted by atomic mass is 16.5. The zero-order valence-corrected chi connectivity index (χ0v) is 11.5. The van der Waals surface area contributed by atoms with Gasteiger partial charge in [-0.2, -0.15) is 10.2 Å². The van der Waals surface area contributed by atoms with Gasteiger partial charge in [0.15, 0.2) is 0 Å². The summed E-state index contributed by atoms with van der Waals surface area (Å²) in [7, 11) is 2.73. The average molecular weight is 258 g/mol. The van der Waals surface area contributed by atoms with Gasteiger partial charge in [-0.05, 0) is 26.7 Å². The fourth-order valence-electron chi connectivity index (χ4n) is 1.20. The quantitative estimate of drug-likeness (QED) is 0.493. The third-order valence-electron chi connectivity index (χ3n) is 2.45. The lowest BCUT2D eigenvalue weighted by Gasteiger charge is -2.07. The third-order valence-corrected chi connectivity index (χ3v) is 2.45. The van der Waals surface area contributed by atoms with Crippen LogP contribution in [-0.2, 0) is 19.1 Å². The first-order chi connectivity index (χ1) is 8.49. The molecule has 0 saturated heterocycles. The number of nitrogens with zero attached hydrogens (tertiary/aromatic N) is 2. The Morgan fingerprint density at radius 3 is 1.50 bits per heavy atom. The Morgan fingerprint density at radius 1 is 0.889 bits per heavy atom. The topological polar surface area (TPSA) is 77.3 Å². The van der Waals surface area contributed by atoms with Crippen LogP contribution in [0.5, 0.6) is 0 Å². The second-order valence-electron chi connectivity index (χ2n) is 4.16. The highest BCUT2D eigenvalue weighted by molar-refractivity contribution is 5.69. The first-order valence-electron chi connectivity index (χ1n) is 6.03. The van der Waals surface area contributed by atoms with Crippen molar-refractivity contribution in [1.82, 2.24) is 0 Å². The number of carbonyl (C=O) groups excluding carboxylic acids is 2. The molecule has 6 heteroatoms. The number of azo groups is 1. The number of hydrogen-bond donors (Lipinski definition) is 0. The van der Waals surface area contributed by atoms with Gasteiger partial charge in [-0.25, -0.2) is 0 Å². The molecular weight excluding hydrogens is 236 g/mol. The minimum atomic E-state index is -0.240. The average Bonchev–Trinajstić information content (AvgIpc) is 2.39. The lowest BCUT2D eigenvalue weighted by Crippen LogP contribution is -2.08. The largest absolute Gasteiger partial charge is 0.469 e. The van der Waals surface area contributed by atoms with Gasteiger partial charge in [0.2, 0.25) is 0 Å². The van der Waals surface area contributed by atoms with Crippen LogP contribution < -0.4 is 0 Å². The van der Waals surface area contributed by atoms with Crippen LogP contribution in [0.15, 0.2) is 10.2 Å². The molecule has 0 aliphatic heterocycles. The first-order valence-corrected chi connectivity index (χ1v) is 6.03. The van der Waals surface area contributed by atoms with Crippen LogP contribution in [0.4, 0.5) is 0 Å². The predicted molar refractivity (Wildman–Crippen MR) is 66.3 cm³/mol. The van der Waals surface area contributed by atoms with Crippen LogP contribution in [0.25, 0.3) is 0 Å². The van der Waals surface area contributed by atoms with Crippen LogP contribution in [0.2, 0.25) is 0 Å². The number of ether oxygens (including phenoxy) is 2. The Kier molecular flexibility index (Phi) is 8.78. The summed E-state index contributed by atoms with van der Waals surface area (Å²) in [6.45, 7) is 3.78. The molecule has 0 aliphatic carbocycles. The lowest BCUT2D eigenvalue weighted by atomic mass is 10.2. The van der Waals surface area contributed by atoms with Crippen LogP contribution in [0.3, 0.4) is 0 Å². The molecule has 0 aliphatic rings. The molecule has 0 aromatic heterocycles. The summed E-state index contributed by atoms with van der Waals surface area (Å²) in [6.07, 6.45) is 1.90. The molecule has 0 amide bonds. The number of esters is 2. The van der Waals surface area contributed by atoms with E-state index in [4.69, 9.17) is 0 Å². The zero-order chi connectivity index (χ0) is 14.0. The molecule has 0 fully saturated rings. The van der Waals surface area contributed by atoms with E-state index in [1.807, 2.05) is 13.8 Å². The summed E-state index contributed by atoms with van der Waals surface area (Å²) in [5.41, 5.74) is 0. The predicted octanol–water partition coefficient (Wildman–Crippen LogP) is 2.12. The number of carbonyl (C=O) groups is 2. The molecule has 0 aromatic carbocycles. The van der Waals surface area contributed by atoms with Crippen molar-refractivity contribution in [2.24, 2.45) is 10.2 Å². The SMILES string of the molecule is COC(=O)CCC(C)N=NC(C)CCC(=O)OC. The second kappa shape index (κ2) is 9.56. The highest BCUT2D eigenvalue weighted by Gasteiger charge is 2.08. The van der Waals surface area contributed by atoms with Gasteiger partial charge >= 0.3 is 11.9 Å². The molecule has 2 unspecified atom stereocenters. The van der Waals surface area contributed by atoms with Crippen LogP contribution >= 0.6 is 0 Å². The highest BCUT2D eigenvalue weighted by Crippen LogP contribution is 2.07. The van der Waals surface area contributed by atoms with Gasteiger partial charge in [0, 0.05) is 12.8 Å². The summed E-state index contributed by atoms with van der Waals surface area (Å²) >= 11 is 0. The van der Waals surface area contributed by atoms with E-state index in [0.717, 1.165) is 0 Å². The van der Waals surface area contributed by atoms with Gasteiger partial charge in [0.25, 0.3) is 0 Å². The van der Waals surface area contributed by atoms with E-state index in [1.54, 1.807) is 0 Å². The summed E-state index contributed by atoms with van der Waals surface area (Å²) in [5.74, 6) is -0.480. The zero-order valence-electron chi connectivity index (χ0n) is 11.5. The van der Waals surface area contributed by atoms with E-state index in [-0.39, 0.29) is 24.0 Å². The van der Waals surface area contributed by atoms with Crippen LogP contribution in [0, 0.1) is 0 Å². The Bertz CT molecular complexity index is 264. The molecule has 0 aromatic rings. The van der Waals surface area contributed by atoms with E-state index in [2.05, 4.69) is 19.7 Å². The summed E-state index contributed by atoms with van der Waals surface area (Å²) in [4.78, 5) is 21.8. The van der Waals surface area contributed by atoms with Crippen LogP contribution in [-0.4, -0.2) is 38.2 Å². The Hall–Kier alpha value is -1.46. The van der Waals surface area contributed by atoms with Crippen molar-refractivity contribution in [3.8, 4) is 0 Å². The molecule has 0 N–H and O–H groups in total. The normalized spacial score (nSPS) is 14.2. The Balaban J connectivity index is 3.83. The van der Waals surface area contributed by atoms with E-state index < -0.39 is 0 Å². The molecule has 6 nitrogen and oxygen atoms in total. The van der Waals surface area contributed by atoms with Crippen molar-refractivity contribution in [2.75, 3.05) is 14.2 Å². The first kappa shape index (κ1) is 16.5. The van der Waals surface area contributed by atoms with Gasteiger partial charge in [-0.1, -0.05) is 0 Å². The van der Waals surface area contributed by atoms with E-state index in [0.29, 0.717) is 25.7 Å². The molecular formula is C12H22N2O4. The summed E-state index contributed by atoms with van der Waals surface area (Å²) in [5, 5.41) is 8.20. The maximum absolute atomic E-state index is 10.9. The van der Waals surface area contributed by atoms with Gasteiger partial charge in [-0.3, -0.25) is 9.59 Å². The minimum Gasteiger partial charge on any atom is -0.469 e. The fourth-order valence-corrected chi connectivity index (χ4v) is 1.20. The monoisotopic (exact) mass is 258 g/mol. The molecule has 18 heavy (non-hydrogen) atoms. The molecule has 2 atom stereocenters. The molecule has 0 heterocycles. The van der Waals surface area contributed by atoms with Crippen molar-refractivity contribution in [2.45, 2.75) is 51.6 Å². The van der Waals surface area contributed by atoms with Crippen molar-refractivity contribution in [1.29, 1.82) is 0 Å². The van der Waals surface area contributed by atoms with E-state index in [1.165, 1.54) is 14.2 Å². The molecule has 0 rings (SSSR count).